The van der Waals surface area contributed by atoms with E-state index < -0.39 is 0 Å². The number of hydrogen-bond acceptors (Lipinski definition) is 0. The molecule has 0 spiro atoms. The zero-order valence-electron chi connectivity index (χ0n) is 6.35. The van der Waals surface area contributed by atoms with Crippen LogP contribution in [-0.2, 0) is 0 Å². The maximum Gasteiger partial charge on any atom is 0.0405 e. The predicted molar refractivity (Wildman–Crippen MR) is 51.5 cm³/mol. The molecule has 1 rings (SSSR count). The zero-order chi connectivity index (χ0) is 7.82. The summed E-state index contributed by atoms with van der Waals surface area (Å²) in [5, 5.41) is 0.794. The van der Waals surface area contributed by atoms with Gasteiger partial charge in [0.2, 0.25) is 0 Å². The highest BCUT2D eigenvalue weighted by Crippen LogP contribution is 2.03. The molecule has 0 fully saturated rings. The Labute approximate surface area is 77.3 Å². The van der Waals surface area contributed by atoms with E-state index in [0.29, 0.717) is 0 Å². The fourth-order valence-electron chi connectivity index (χ4n) is 0.415. The highest BCUT2D eigenvalue weighted by molar-refractivity contribution is 6.30. The Morgan fingerprint density at radius 2 is 1.55 bits per heavy atom. The van der Waals surface area contributed by atoms with E-state index >= 15 is 0 Å². The minimum absolute atomic E-state index is 0. The molecule has 0 amide bonds. The van der Waals surface area contributed by atoms with Crippen LogP contribution in [0.5, 0.6) is 0 Å². The Morgan fingerprint density at radius 1 is 1.18 bits per heavy atom. The summed E-state index contributed by atoms with van der Waals surface area (Å²) < 4.78 is 0. The molecule has 1 nitrogen and oxygen atoms in total. The molecule has 0 bridgehead atoms. The second-order valence-electron chi connectivity index (χ2n) is 1.56. The number of hydrogen-bond donors (Lipinski definition) is 0. The van der Waals surface area contributed by atoms with Gasteiger partial charge in [0.05, 0.1) is 0 Å². The third-order valence-corrected chi connectivity index (χ3v) is 0.985. The van der Waals surface area contributed by atoms with Gasteiger partial charge in [0.25, 0.3) is 0 Å². The highest BCUT2D eigenvalue weighted by Gasteiger charge is 1.74. The summed E-state index contributed by atoms with van der Waals surface area (Å²) in [4.78, 5) is 0. The molecular weight excluding hydrogens is 183 g/mol. The average molecular weight is 195 g/mol. The predicted octanol–water partition coefficient (Wildman–Crippen LogP) is 2.76. The van der Waals surface area contributed by atoms with Crippen LogP contribution in [0.15, 0.2) is 30.3 Å². The van der Waals surface area contributed by atoms with Crippen LogP contribution in [0.25, 0.3) is 0 Å². The van der Waals surface area contributed by atoms with Gasteiger partial charge in [0.1, 0.15) is 0 Å². The first-order valence-electron chi connectivity index (χ1n) is 3.07. The van der Waals surface area contributed by atoms with Gasteiger partial charge in [-0.1, -0.05) is 36.7 Å². The molecule has 0 heterocycles. The van der Waals surface area contributed by atoms with Crippen molar-refractivity contribution in [3.8, 4) is 0 Å². The van der Waals surface area contributed by atoms with Gasteiger partial charge >= 0.3 is 0 Å². The molecule has 0 unspecified atom stereocenters. The van der Waals surface area contributed by atoms with Gasteiger partial charge in [-0.3, -0.25) is 0 Å². The first kappa shape index (κ1) is 13.4. The van der Waals surface area contributed by atoms with Crippen molar-refractivity contribution >= 4 is 23.2 Å². The topological polar surface area (TPSA) is 31.5 Å². The lowest BCUT2D eigenvalue weighted by Gasteiger charge is -1.80. The van der Waals surface area contributed by atoms with Gasteiger partial charge in [-0.25, -0.2) is 0 Å². The van der Waals surface area contributed by atoms with Crippen LogP contribution in [0.2, 0.25) is 5.02 Å². The van der Waals surface area contributed by atoms with Gasteiger partial charge < -0.3 is 5.48 Å². The molecule has 3 heteroatoms. The summed E-state index contributed by atoms with van der Waals surface area (Å²) in [5.41, 5.74) is 0. The molecule has 2 N–H and O–H groups in total. The lowest BCUT2D eigenvalue weighted by Crippen LogP contribution is -1.55. The van der Waals surface area contributed by atoms with Gasteiger partial charge in [0, 0.05) is 10.9 Å². The van der Waals surface area contributed by atoms with E-state index in [1.54, 1.807) is 0 Å². The number of alkyl halides is 1. The molecule has 0 aliphatic carbocycles. The fraction of sp³-hybridized carbons (Fsp3) is 0.250. The van der Waals surface area contributed by atoms with Gasteiger partial charge in [-0.2, -0.15) is 0 Å². The van der Waals surface area contributed by atoms with E-state index in [0.717, 1.165) is 10.9 Å². The summed E-state index contributed by atoms with van der Waals surface area (Å²) >= 11 is 10.5. The van der Waals surface area contributed by atoms with Crippen molar-refractivity contribution in [3.05, 3.63) is 35.4 Å². The maximum absolute atomic E-state index is 5.54. The molecule has 0 aromatic heterocycles. The lowest BCUT2D eigenvalue weighted by molar-refractivity contribution is 0.824. The molecule has 64 valence electrons. The van der Waals surface area contributed by atoms with E-state index in [-0.39, 0.29) is 5.48 Å². The Hall–Kier alpha value is -0.240. The molecule has 0 saturated heterocycles. The van der Waals surface area contributed by atoms with Crippen molar-refractivity contribution in [2.24, 2.45) is 0 Å². The summed E-state index contributed by atoms with van der Waals surface area (Å²) in [7, 11) is 0. The molecular formula is C8H12Cl2O. The van der Waals surface area contributed by atoms with Crippen LogP contribution in [0.1, 0.15) is 6.92 Å². The fourth-order valence-corrected chi connectivity index (χ4v) is 0.560. The Balaban J connectivity index is 0. The summed E-state index contributed by atoms with van der Waals surface area (Å²) in [6, 6.07) is 9.44. The molecule has 1 aromatic carbocycles. The first-order valence-corrected chi connectivity index (χ1v) is 3.99. The van der Waals surface area contributed by atoms with Crippen LogP contribution in [-0.4, -0.2) is 11.4 Å². The normalized spacial score (nSPS) is 7.18. The van der Waals surface area contributed by atoms with E-state index in [4.69, 9.17) is 23.2 Å². The molecule has 0 atom stereocenters. The molecule has 0 radical (unpaired) electrons. The largest absolute Gasteiger partial charge is 0.412 e. The van der Waals surface area contributed by atoms with Crippen molar-refractivity contribution in [1.29, 1.82) is 0 Å². The number of benzene rings is 1. The van der Waals surface area contributed by atoms with Crippen LogP contribution in [0.4, 0.5) is 0 Å². The average Bonchev–Trinajstić information content (AvgIpc) is 1.91. The molecule has 0 aliphatic rings. The van der Waals surface area contributed by atoms with Crippen molar-refractivity contribution < 1.29 is 5.48 Å². The Bertz CT molecular complexity index is 153. The minimum atomic E-state index is 0. The molecule has 0 aliphatic heterocycles. The minimum Gasteiger partial charge on any atom is -0.412 e. The highest BCUT2D eigenvalue weighted by atomic mass is 35.5. The third kappa shape index (κ3) is 9.76. The van der Waals surface area contributed by atoms with Gasteiger partial charge in [0.15, 0.2) is 0 Å². The van der Waals surface area contributed by atoms with Crippen LogP contribution in [0, 0.1) is 0 Å². The van der Waals surface area contributed by atoms with Crippen LogP contribution >= 0.6 is 23.2 Å². The second-order valence-corrected chi connectivity index (χ2v) is 2.53. The van der Waals surface area contributed by atoms with E-state index in [2.05, 4.69) is 0 Å². The lowest BCUT2D eigenvalue weighted by atomic mass is 10.4. The third-order valence-electron chi connectivity index (χ3n) is 0.733. The standard InChI is InChI=1S/C6H5Cl.C2H5Cl.H2O/c7-6-4-2-1-3-5-6;1-2-3;/h1-5H;2H2,1H3;1H2. The van der Waals surface area contributed by atoms with Crippen molar-refractivity contribution in [2.75, 3.05) is 5.88 Å². The van der Waals surface area contributed by atoms with Gasteiger partial charge in [-0.05, 0) is 12.1 Å². The first-order chi connectivity index (χ1) is 4.81. The summed E-state index contributed by atoms with van der Waals surface area (Å²) in [6.07, 6.45) is 0. The van der Waals surface area contributed by atoms with E-state index in [1.165, 1.54) is 0 Å². The number of rotatable bonds is 0. The van der Waals surface area contributed by atoms with Crippen molar-refractivity contribution in [3.63, 3.8) is 0 Å². The monoisotopic (exact) mass is 194 g/mol. The van der Waals surface area contributed by atoms with Gasteiger partial charge in [-0.15, -0.1) is 11.6 Å². The smallest absolute Gasteiger partial charge is 0.0405 e. The summed E-state index contributed by atoms with van der Waals surface area (Å²) in [6.45, 7) is 1.89. The summed E-state index contributed by atoms with van der Waals surface area (Å²) in [5.74, 6) is 0.722. The van der Waals surface area contributed by atoms with E-state index in [9.17, 15) is 0 Å². The SMILES string of the molecule is CCCl.Clc1ccccc1.O. The van der Waals surface area contributed by atoms with Crippen molar-refractivity contribution in [1.82, 2.24) is 0 Å². The van der Waals surface area contributed by atoms with E-state index in [1.807, 2.05) is 37.3 Å². The molecule has 1 aromatic rings. The molecule has 0 saturated carbocycles. The quantitative estimate of drug-likeness (QED) is 0.570. The second kappa shape index (κ2) is 9.76. The Morgan fingerprint density at radius 3 is 1.73 bits per heavy atom. The number of halogens is 2. The van der Waals surface area contributed by atoms with Crippen LogP contribution < -0.4 is 0 Å². The zero-order valence-corrected chi connectivity index (χ0v) is 7.86. The van der Waals surface area contributed by atoms with Crippen LogP contribution in [0.3, 0.4) is 0 Å². The van der Waals surface area contributed by atoms with Crippen molar-refractivity contribution in [2.45, 2.75) is 6.92 Å². The molecule has 11 heavy (non-hydrogen) atoms. The Kier molecular flexibility index (Phi) is 11.9. The maximum atomic E-state index is 5.54.